The van der Waals surface area contributed by atoms with Crippen LogP contribution in [0.5, 0.6) is 0 Å². The SMILES string of the molecule is CN/C(=N\OC(C)(C)C(=O)OC(C)(C)C)[C@@H]1c2c(cnn2C)[C@@H]2CN1C(=O)N2OCc1ccccc1. The van der Waals surface area contributed by atoms with Gasteiger partial charge in [-0.1, -0.05) is 35.5 Å². The normalized spacial score (nSPS) is 19.9. The lowest BCUT2D eigenvalue weighted by Crippen LogP contribution is -2.45. The summed E-state index contributed by atoms with van der Waals surface area (Å²) in [6.45, 7) is 9.20. The topological polar surface area (TPSA) is 111 Å². The molecule has 1 fully saturated rings. The summed E-state index contributed by atoms with van der Waals surface area (Å²) < 4.78 is 7.19. The minimum atomic E-state index is -1.35. The Morgan fingerprint density at radius 1 is 1.19 bits per heavy atom. The summed E-state index contributed by atoms with van der Waals surface area (Å²) >= 11 is 0. The second-order valence-corrected chi connectivity index (χ2v) is 10.4. The molecule has 2 atom stereocenters. The number of fused-ring (bicyclic) bond motifs is 4. The molecule has 2 aromatic rings. The number of likely N-dealkylation sites (N-methyl/N-ethyl adjacent to an activating group) is 1. The van der Waals surface area contributed by atoms with E-state index in [9.17, 15) is 9.59 Å². The fourth-order valence-corrected chi connectivity index (χ4v) is 4.22. The molecule has 0 spiro atoms. The molecule has 0 unspecified atom stereocenters. The third-order valence-electron chi connectivity index (χ3n) is 6.02. The number of carbonyl (C=O) groups is 2. The molecule has 2 aliphatic heterocycles. The van der Waals surface area contributed by atoms with Crippen molar-refractivity contribution in [2.45, 2.75) is 64.5 Å². The molecule has 1 aromatic heterocycles. The first-order valence-corrected chi connectivity index (χ1v) is 11.9. The maximum absolute atomic E-state index is 13.5. The zero-order valence-corrected chi connectivity index (χ0v) is 21.8. The molecule has 11 heteroatoms. The molecule has 1 saturated heterocycles. The van der Waals surface area contributed by atoms with Gasteiger partial charge in [-0.05, 0) is 40.2 Å². The van der Waals surface area contributed by atoms with Crippen LogP contribution in [0.4, 0.5) is 4.79 Å². The summed E-state index contributed by atoms with van der Waals surface area (Å²) in [5, 5.41) is 13.2. The van der Waals surface area contributed by atoms with E-state index in [-0.39, 0.29) is 18.7 Å². The molecule has 11 nitrogen and oxygen atoms in total. The fraction of sp³-hybridized carbons (Fsp3) is 0.520. The molecule has 194 valence electrons. The van der Waals surface area contributed by atoms with Crippen LogP contribution in [-0.2, 0) is 32.9 Å². The monoisotopic (exact) mass is 498 g/mol. The van der Waals surface area contributed by atoms with E-state index in [2.05, 4.69) is 15.6 Å². The van der Waals surface area contributed by atoms with Crippen LogP contribution >= 0.6 is 0 Å². The van der Waals surface area contributed by atoms with Crippen LogP contribution < -0.4 is 5.32 Å². The molecular formula is C25H34N6O5. The van der Waals surface area contributed by atoms with Gasteiger partial charge in [0.05, 0.1) is 18.4 Å². The van der Waals surface area contributed by atoms with Crippen molar-refractivity contribution in [3.05, 3.63) is 53.3 Å². The number of aromatic nitrogens is 2. The lowest BCUT2D eigenvalue weighted by molar-refractivity contribution is -0.179. The number of nitrogens with zero attached hydrogens (tertiary/aromatic N) is 5. The van der Waals surface area contributed by atoms with Crippen LogP contribution in [0.15, 0.2) is 41.7 Å². The highest BCUT2D eigenvalue weighted by atomic mass is 16.7. The first-order chi connectivity index (χ1) is 16.9. The Hall–Kier alpha value is -3.60. The van der Waals surface area contributed by atoms with Gasteiger partial charge in [-0.3, -0.25) is 9.52 Å². The number of ether oxygens (including phenoxy) is 1. The summed E-state index contributed by atoms with van der Waals surface area (Å²) in [6.07, 6.45) is 1.75. The number of esters is 1. The molecule has 3 heterocycles. The van der Waals surface area contributed by atoms with Crippen LogP contribution in [0.25, 0.3) is 0 Å². The van der Waals surface area contributed by atoms with Crippen molar-refractivity contribution < 1.29 is 24.0 Å². The predicted octanol–water partition coefficient (Wildman–Crippen LogP) is 3.06. The average molecular weight is 499 g/mol. The standard InChI is InChI=1S/C25H34N6O5/c1-24(2,3)35-22(32)25(4,5)36-28-21(26-6)20-19-17(13-27-29(19)7)18-14-30(20)23(33)31(18)34-15-16-11-9-8-10-12-16/h8-13,18,20H,14-15H2,1-7H3,(H,26,28)/t18-,20-/m0/s1. The van der Waals surface area contributed by atoms with Gasteiger partial charge >= 0.3 is 12.0 Å². The number of amidine groups is 1. The van der Waals surface area contributed by atoms with Gasteiger partial charge in [0.2, 0.25) is 5.60 Å². The highest BCUT2D eigenvalue weighted by Gasteiger charge is 2.52. The van der Waals surface area contributed by atoms with E-state index in [0.717, 1.165) is 16.8 Å². The van der Waals surface area contributed by atoms with E-state index in [1.807, 2.05) is 37.4 Å². The molecule has 0 radical (unpaired) electrons. The van der Waals surface area contributed by atoms with Gasteiger partial charge in [-0.2, -0.15) is 10.2 Å². The number of carbonyl (C=O) groups excluding carboxylic acids is 2. The van der Waals surface area contributed by atoms with Crippen LogP contribution in [0.2, 0.25) is 0 Å². The first kappa shape index (κ1) is 25.5. The van der Waals surface area contributed by atoms with Gasteiger partial charge in [0, 0.05) is 19.7 Å². The van der Waals surface area contributed by atoms with Gasteiger partial charge in [-0.25, -0.2) is 9.59 Å². The van der Waals surface area contributed by atoms with E-state index in [1.54, 1.807) is 57.4 Å². The summed E-state index contributed by atoms with van der Waals surface area (Å²) in [5.74, 6) is -0.190. The second-order valence-electron chi connectivity index (χ2n) is 10.4. The smallest absolute Gasteiger partial charge is 0.353 e. The Morgan fingerprint density at radius 2 is 1.89 bits per heavy atom. The zero-order chi connectivity index (χ0) is 26.3. The molecule has 4 rings (SSSR count). The molecule has 0 aliphatic carbocycles. The number of hydrogen-bond acceptors (Lipinski definition) is 7. The lowest BCUT2D eigenvalue weighted by Gasteiger charge is -2.32. The van der Waals surface area contributed by atoms with Crippen LogP contribution in [0.3, 0.4) is 0 Å². The number of hydrogen-bond donors (Lipinski definition) is 1. The molecule has 1 aromatic carbocycles. The van der Waals surface area contributed by atoms with Gasteiger partial charge in [0.1, 0.15) is 24.3 Å². The van der Waals surface area contributed by atoms with Crippen molar-refractivity contribution in [2.24, 2.45) is 12.2 Å². The number of benzene rings is 1. The minimum Gasteiger partial charge on any atom is -0.457 e. The minimum absolute atomic E-state index is 0.261. The molecule has 2 bridgehead atoms. The summed E-state index contributed by atoms with van der Waals surface area (Å²) in [4.78, 5) is 39.5. The molecule has 36 heavy (non-hydrogen) atoms. The highest BCUT2D eigenvalue weighted by molar-refractivity contribution is 5.93. The van der Waals surface area contributed by atoms with E-state index in [1.165, 1.54) is 5.06 Å². The Morgan fingerprint density at radius 3 is 2.53 bits per heavy atom. The van der Waals surface area contributed by atoms with Gasteiger partial charge in [0.25, 0.3) is 0 Å². The van der Waals surface area contributed by atoms with Crippen molar-refractivity contribution >= 4 is 17.8 Å². The molecule has 0 saturated carbocycles. The number of oxime groups is 1. The Kier molecular flexibility index (Phi) is 6.70. The number of rotatable bonds is 7. The fourth-order valence-electron chi connectivity index (χ4n) is 4.22. The van der Waals surface area contributed by atoms with Gasteiger partial charge in [0.15, 0.2) is 5.84 Å². The van der Waals surface area contributed by atoms with Crippen molar-refractivity contribution in [3.63, 3.8) is 0 Å². The van der Waals surface area contributed by atoms with Crippen LogP contribution in [0.1, 0.15) is 63.5 Å². The number of aryl methyl sites for hydroxylation is 1. The summed E-state index contributed by atoms with van der Waals surface area (Å²) in [6, 6.07) is 8.47. The number of nitrogens with one attached hydrogen (secondary N) is 1. The molecule has 2 amide bonds. The lowest BCUT2D eigenvalue weighted by atomic mass is 9.97. The first-order valence-electron chi connectivity index (χ1n) is 11.9. The Balaban J connectivity index is 1.60. The molecule has 1 N–H and O–H groups in total. The predicted molar refractivity (Wildman–Crippen MR) is 131 cm³/mol. The van der Waals surface area contributed by atoms with Gasteiger partial charge in [-0.15, -0.1) is 0 Å². The maximum atomic E-state index is 13.5. The van der Waals surface area contributed by atoms with Crippen molar-refractivity contribution in [2.75, 3.05) is 13.6 Å². The molecule has 2 aliphatic rings. The maximum Gasteiger partial charge on any atom is 0.353 e. The largest absolute Gasteiger partial charge is 0.457 e. The van der Waals surface area contributed by atoms with Crippen LogP contribution in [-0.4, -0.2) is 62.4 Å². The molecular weight excluding hydrogens is 464 g/mol. The van der Waals surface area contributed by atoms with Crippen molar-refractivity contribution in [3.8, 4) is 0 Å². The average Bonchev–Trinajstić information content (AvgIpc) is 3.33. The van der Waals surface area contributed by atoms with Gasteiger partial charge < -0.3 is 19.8 Å². The number of urea groups is 1. The van der Waals surface area contributed by atoms with Crippen molar-refractivity contribution in [1.82, 2.24) is 25.1 Å². The summed E-state index contributed by atoms with van der Waals surface area (Å²) in [5.41, 5.74) is 0.603. The van der Waals surface area contributed by atoms with E-state index in [0.29, 0.717) is 12.4 Å². The Labute approximate surface area is 210 Å². The van der Waals surface area contributed by atoms with E-state index in [4.69, 9.17) is 14.4 Å². The van der Waals surface area contributed by atoms with Crippen LogP contribution in [0, 0.1) is 0 Å². The summed E-state index contributed by atoms with van der Waals surface area (Å²) in [7, 11) is 3.51. The third kappa shape index (κ3) is 4.88. The second kappa shape index (κ2) is 9.45. The number of amides is 2. The highest BCUT2D eigenvalue weighted by Crippen LogP contribution is 2.44. The Bertz CT molecular complexity index is 1150. The third-order valence-corrected chi connectivity index (χ3v) is 6.02. The van der Waals surface area contributed by atoms with Crippen molar-refractivity contribution in [1.29, 1.82) is 0 Å². The quantitative estimate of drug-likeness (QED) is 0.270. The number of hydroxylamine groups is 2. The zero-order valence-electron chi connectivity index (χ0n) is 21.8. The van der Waals surface area contributed by atoms with E-state index < -0.39 is 23.2 Å². The van der Waals surface area contributed by atoms with E-state index >= 15 is 0 Å².